The minimum atomic E-state index is -0.877. The molecule has 1 aromatic heterocycles. The highest BCUT2D eigenvalue weighted by Gasteiger charge is 2.43. The molecule has 2 amide bonds. The van der Waals surface area contributed by atoms with Crippen LogP contribution in [0.1, 0.15) is 24.1 Å². The van der Waals surface area contributed by atoms with Crippen LogP contribution in [0.3, 0.4) is 0 Å². The van der Waals surface area contributed by atoms with Gasteiger partial charge in [-0.1, -0.05) is 36.4 Å². The lowest BCUT2D eigenvalue weighted by Gasteiger charge is -2.40. The number of ether oxygens (including phenoxy) is 1. The molecule has 1 aliphatic heterocycles. The first-order valence-electron chi connectivity index (χ1n) is 11.1. The van der Waals surface area contributed by atoms with Crippen LogP contribution < -0.4 is 15.8 Å². The van der Waals surface area contributed by atoms with Crippen molar-refractivity contribution in [3.05, 3.63) is 90.3 Å². The Kier molecular flexibility index (Phi) is 7.00. The molecule has 1 aliphatic rings. The van der Waals surface area contributed by atoms with Gasteiger partial charge in [0.05, 0.1) is 12.2 Å². The largest absolute Gasteiger partial charge is 0.489 e. The topological polar surface area (TPSA) is 97.6 Å². The van der Waals surface area contributed by atoms with E-state index in [0.29, 0.717) is 31.0 Å². The molecule has 4 rings (SSSR count). The zero-order valence-electron chi connectivity index (χ0n) is 18.4. The summed E-state index contributed by atoms with van der Waals surface area (Å²) in [5.74, 6) is 0.182. The van der Waals surface area contributed by atoms with Gasteiger partial charge in [-0.05, 0) is 61.3 Å². The summed E-state index contributed by atoms with van der Waals surface area (Å²) < 4.78 is 5.79. The van der Waals surface area contributed by atoms with Crippen molar-refractivity contribution < 1.29 is 14.3 Å². The summed E-state index contributed by atoms with van der Waals surface area (Å²) in [5, 5.41) is 2.92. The number of hydrogen-bond donors (Lipinski definition) is 2. The van der Waals surface area contributed by atoms with E-state index in [1.165, 1.54) is 0 Å². The number of carbonyl (C=O) groups is 2. The molecule has 3 aromatic rings. The number of carbonyl (C=O) groups excluding carboxylic acids is 2. The van der Waals surface area contributed by atoms with E-state index in [4.69, 9.17) is 10.5 Å². The molecule has 170 valence electrons. The highest BCUT2D eigenvalue weighted by molar-refractivity contribution is 5.92. The smallest absolute Gasteiger partial charge is 0.238 e. The van der Waals surface area contributed by atoms with Crippen LogP contribution in [0.15, 0.2) is 79.0 Å². The minimum Gasteiger partial charge on any atom is -0.489 e. The Bertz CT molecular complexity index is 1070. The molecule has 33 heavy (non-hydrogen) atoms. The predicted octanol–water partition coefficient (Wildman–Crippen LogP) is 3.12. The molecule has 0 bridgehead atoms. The fraction of sp³-hybridized carbons (Fsp3) is 0.269. The third-order valence-corrected chi connectivity index (χ3v) is 5.95. The molecule has 1 saturated heterocycles. The maximum Gasteiger partial charge on any atom is 0.238 e. The highest BCUT2D eigenvalue weighted by atomic mass is 16.5. The van der Waals surface area contributed by atoms with Gasteiger partial charge in [0, 0.05) is 18.4 Å². The van der Waals surface area contributed by atoms with Crippen molar-refractivity contribution in [3.63, 3.8) is 0 Å². The molecule has 2 aromatic carbocycles. The number of aromatic nitrogens is 1. The molecular weight excluding hydrogens is 416 g/mol. The molecule has 0 aliphatic carbocycles. The van der Waals surface area contributed by atoms with Gasteiger partial charge in [-0.15, -0.1) is 0 Å². The zero-order chi connectivity index (χ0) is 23.1. The summed E-state index contributed by atoms with van der Waals surface area (Å²) in [5.41, 5.74) is 7.37. The number of nitrogens with one attached hydrogen (secondary N) is 1. The second kappa shape index (κ2) is 10.3. The van der Waals surface area contributed by atoms with Crippen LogP contribution in [0.2, 0.25) is 0 Å². The molecule has 3 N–H and O–H groups in total. The number of benzene rings is 2. The molecule has 1 atom stereocenters. The van der Waals surface area contributed by atoms with Gasteiger partial charge in [0.1, 0.15) is 17.8 Å². The Labute approximate surface area is 193 Å². The third-order valence-electron chi connectivity index (χ3n) is 5.95. The molecule has 2 heterocycles. The van der Waals surface area contributed by atoms with E-state index < -0.39 is 11.3 Å². The number of amides is 2. The number of nitrogens with two attached hydrogens (primary N) is 1. The molecule has 0 spiro atoms. The maximum atomic E-state index is 12.7. The SMILES string of the molecule is NC(=O)C1(c2ccccn2)CCCN(CC(=O)Nc2ccc(OCc3ccccc3)cc2)C1. The number of likely N-dealkylation sites (tertiary alicyclic amines) is 1. The monoisotopic (exact) mass is 444 g/mol. The zero-order valence-corrected chi connectivity index (χ0v) is 18.4. The lowest BCUT2D eigenvalue weighted by molar-refractivity contribution is -0.127. The van der Waals surface area contributed by atoms with Gasteiger partial charge in [0.15, 0.2) is 0 Å². The van der Waals surface area contributed by atoms with E-state index >= 15 is 0 Å². The van der Waals surface area contributed by atoms with Crippen LogP contribution in [0.5, 0.6) is 5.75 Å². The fourth-order valence-corrected chi connectivity index (χ4v) is 4.24. The standard InChI is InChI=1S/C26H28N4O3/c27-25(32)26(23-9-4-5-15-28-23)14-6-16-30(19-26)17-24(31)29-21-10-12-22(13-11-21)33-18-20-7-2-1-3-8-20/h1-5,7-13,15H,6,14,16-19H2,(H2,27,32)(H,29,31). The molecular formula is C26H28N4O3. The second-order valence-electron chi connectivity index (χ2n) is 8.32. The van der Waals surface area contributed by atoms with Crippen molar-refractivity contribution in [2.45, 2.75) is 24.9 Å². The summed E-state index contributed by atoms with van der Waals surface area (Å²) in [7, 11) is 0. The third kappa shape index (κ3) is 5.56. The average molecular weight is 445 g/mol. The molecule has 7 nitrogen and oxygen atoms in total. The quantitative estimate of drug-likeness (QED) is 0.556. The summed E-state index contributed by atoms with van der Waals surface area (Å²) >= 11 is 0. The summed E-state index contributed by atoms with van der Waals surface area (Å²) in [4.78, 5) is 31.4. The van der Waals surface area contributed by atoms with E-state index in [1.54, 1.807) is 6.20 Å². The van der Waals surface area contributed by atoms with Crippen LogP contribution >= 0.6 is 0 Å². The van der Waals surface area contributed by atoms with Gasteiger partial charge in [0.25, 0.3) is 0 Å². The molecule has 0 saturated carbocycles. The number of primary amides is 1. The first kappa shape index (κ1) is 22.5. The summed E-state index contributed by atoms with van der Waals surface area (Å²) in [6, 6.07) is 22.7. The Morgan fingerprint density at radius 3 is 2.48 bits per heavy atom. The Morgan fingerprint density at radius 2 is 1.79 bits per heavy atom. The fourth-order valence-electron chi connectivity index (χ4n) is 4.24. The predicted molar refractivity (Wildman–Crippen MR) is 127 cm³/mol. The summed E-state index contributed by atoms with van der Waals surface area (Å²) in [6.07, 6.45) is 3.06. The number of hydrogen-bond acceptors (Lipinski definition) is 5. The van der Waals surface area contributed by atoms with E-state index in [1.807, 2.05) is 77.7 Å². The normalized spacial score (nSPS) is 18.4. The number of nitrogens with zero attached hydrogens (tertiary/aromatic N) is 2. The van der Waals surface area contributed by atoms with Crippen LogP contribution in [-0.2, 0) is 21.6 Å². The van der Waals surface area contributed by atoms with E-state index in [2.05, 4.69) is 10.3 Å². The highest BCUT2D eigenvalue weighted by Crippen LogP contribution is 2.32. The van der Waals surface area contributed by atoms with Gasteiger partial charge in [-0.3, -0.25) is 19.5 Å². The molecule has 7 heteroatoms. The van der Waals surface area contributed by atoms with Crippen molar-refractivity contribution in [1.29, 1.82) is 0 Å². The average Bonchev–Trinajstić information content (AvgIpc) is 2.85. The van der Waals surface area contributed by atoms with Gasteiger partial charge in [-0.25, -0.2) is 0 Å². The Morgan fingerprint density at radius 1 is 1.03 bits per heavy atom. The first-order valence-corrected chi connectivity index (χ1v) is 11.1. The van der Waals surface area contributed by atoms with Crippen LogP contribution in [0.4, 0.5) is 5.69 Å². The molecule has 1 unspecified atom stereocenters. The Hall–Kier alpha value is -3.71. The number of anilines is 1. The number of rotatable bonds is 8. The van der Waals surface area contributed by atoms with E-state index in [9.17, 15) is 9.59 Å². The van der Waals surface area contributed by atoms with Crippen molar-refractivity contribution >= 4 is 17.5 Å². The number of piperidine rings is 1. The van der Waals surface area contributed by atoms with Gasteiger partial charge >= 0.3 is 0 Å². The van der Waals surface area contributed by atoms with Crippen LogP contribution in [0.25, 0.3) is 0 Å². The van der Waals surface area contributed by atoms with Crippen molar-refractivity contribution in [2.75, 3.05) is 25.0 Å². The lowest BCUT2D eigenvalue weighted by Crippen LogP contribution is -2.55. The molecule has 0 radical (unpaired) electrons. The van der Waals surface area contributed by atoms with Crippen molar-refractivity contribution in [1.82, 2.24) is 9.88 Å². The van der Waals surface area contributed by atoms with Crippen LogP contribution in [0, 0.1) is 0 Å². The first-order chi connectivity index (χ1) is 16.0. The Balaban J connectivity index is 1.33. The van der Waals surface area contributed by atoms with Gasteiger partial charge < -0.3 is 15.8 Å². The molecule has 1 fully saturated rings. The number of pyridine rings is 1. The van der Waals surface area contributed by atoms with Gasteiger partial charge in [0.2, 0.25) is 11.8 Å². The van der Waals surface area contributed by atoms with Gasteiger partial charge in [-0.2, -0.15) is 0 Å². The lowest BCUT2D eigenvalue weighted by atomic mass is 9.76. The maximum absolute atomic E-state index is 12.7. The summed E-state index contributed by atoms with van der Waals surface area (Å²) in [6.45, 7) is 1.76. The second-order valence-corrected chi connectivity index (χ2v) is 8.32. The van der Waals surface area contributed by atoms with E-state index in [-0.39, 0.29) is 12.5 Å². The van der Waals surface area contributed by atoms with Crippen LogP contribution in [-0.4, -0.2) is 41.3 Å². The van der Waals surface area contributed by atoms with Crippen molar-refractivity contribution in [2.24, 2.45) is 5.73 Å². The van der Waals surface area contributed by atoms with E-state index in [0.717, 1.165) is 24.3 Å². The van der Waals surface area contributed by atoms with Crippen molar-refractivity contribution in [3.8, 4) is 5.75 Å². The minimum absolute atomic E-state index is 0.144.